The van der Waals surface area contributed by atoms with Crippen LogP contribution in [0.3, 0.4) is 0 Å². The molecule has 4 rings (SSSR count). The summed E-state index contributed by atoms with van der Waals surface area (Å²) in [4.78, 5) is 13.2. The van der Waals surface area contributed by atoms with Crippen molar-refractivity contribution in [1.82, 2.24) is 19.5 Å². The van der Waals surface area contributed by atoms with E-state index >= 15 is 0 Å². The molecule has 0 unspecified atom stereocenters. The SMILES string of the molecule is c1ccc2c(c1)ncn2-c1ncnc2c1CCC2. The van der Waals surface area contributed by atoms with E-state index in [1.54, 1.807) is 6.33 Å². The fourth-order valence-corrected chi connectivity index (χ4v) is 2.68. The van der Waals surface area contributed by atoms with Crippen LogP contribution in [0, 0.1) is 0 Å². The zero-order valence-electron chi connectivity index (χ0n) is 9.87. The first-order valence-corrected chi connectivity index (χ1v) is 6.19. The highest BCUT2D eigenvalue weighted by atomic mass is 15.1. The van der Waals surface area contributed by atoms with E-state index < -0.39 is 0 Å². The minimum absolute atomic E-state index is 0.992. The molecule has 0 N–H and O–H groups in total. The van der Waals surface area contributed by atoms with Crippen LogP contribution in [-0.2, 0) is 12.8 Å². The van der Waals surface area contributed by atoms with Crippen molar-refractivity contribution in [2.45, 2.75) is 19.3 Å². The summed E-state index contributed by atoms with van der Waals surface area (Å²) in [5.41, 5.74) is 4.58. The van der Waals surface area contributed by atoms with Crippen LogP contribution < -0.4 is 0 Å². The fourth-order valence-electron chi connectivity index (χ4n) is 2.68. The Morgan fingerprint density at radius 3 is 2.94 bits per heavy atom. The molecule has 1 aliphatic carbocycles. The standard InChI is InChI=1S/C14H12N4/c1-2-7-13-12(5-1)17-9-18(13)14-10-4-3-6-11(10)15-8-16-14/h1-2,5,7-9H,3-4,6H2. The van der Waals surface area contributed by atoms with Gasteiger partial charge in [0.2, 0.25) is 0 Å². The van der Waals surface area contributed by atoms with Gasteiger partial charge in [0.05, 0.1) is 11.0 Å². The smallest absolute Gasteiger partial charge is 0.145 e. The number of hydrogen-bond donors (Lipinski definition) is 0. The molecule has 0 radical (unpaired) electrons. The molecule has 0 bridgehead atoms. The Labute approximate surface area is 104 Å². The van der Waals surface area contributed by atoms with Crippen LogP contribution in [0.2, 0.25) is 0 Å². The van der Waals surface area contributed by atoms with Crippen LogP contribution in [0.5, 0.6) is 0 Å². The highest BCUT2D eigenvalue weighted by Gasteiger charge is 2.18. The highest BCUT2D eigenvalue weighted by molar-refractivity contribution is 5.77. The van der Waals surface area contributed by atoms with Crippen molar-refractivity contribution >= 4 is 11.0 Å². The third-order valence-corrected chi connectivity index (χ3v) is 3.53. The van der Waals surface area contributed by atoms with Crippen molar-refractivity contribution < 1.29 is 0 Å². The molecule has 1 aromatic carbocycles. The zero-order valence-corrected chi connectivity index (χ0v) is 9.87. The maximum atomic E-state index is 4.45. The van der Waals surface area contributed by atoms with Crippen LogP contribution in [0.25, 0.3) is 16.9 Å². The van der Waals surface area contributed by atoms with E-state index in [1.807, 2.05) is 24.5 Å². The van der Waals surface area contributed by atoms with Crippen LogP contribution in [0.4, 0.5) is 0 Å². The van der Waals surface area contributed by atoms with Gasteiger partial charge in [0.15, 0.2) is 0 Å². The molecule has 2 aromatic heterocycles. The minimum atomic E-state index is 0.992. The topological polar surface area (TPSA) is 43.6 Å². The molecule has 0 saturated carbocycles. The Hall–Kier alpha value is -2.23. The summed E-state index contributed by atoms with van der Waals surface area (Å²) in [6.07, 6.45) is 6.82. The second kappa shape index (κ2) is 3.63. The lowest BCUT2D eigenvalue weighted by molar-refractivity contribution is 0.897. The van der Waals surface area contributed by atoms with E-state index in [0.717, 1.165) is 29.7 Å². The summed E-state index contributed by atoms with van der Waals surface area (Å²) in [6.45, 7) is 0. The number of para-hydroxylation sites is 2. The molecular weight excluding hydrogens is 224 g/mol. The number of imidazole rings is 1. The van der Waals surface area contributed by atoms with E-state index in [0.29, 0.717) is 0 Å². The molecular formula is C14H12N4. The molecule has 88 valence electrons. The molecule has 0 spiro atoms. The first-order chi connectivity index (χ1) is 8.93. The van der Waals surface area contributed by atoms with Crippen molar-refractivity contribution in [3.63, 3.8) is 0 Å². The van der Waals surface area contributed by atoms with Gasteiger partial charge in [-0.3, -0.25) is 4.57 Å². The Balaban J connectivity index is 2.01. The quantitative estimate of drug-likeness (QED) is 0.651. The number of fused-ring (bicyclic) bond motifs is 2. The van der Waals surface area contributed by atoms with Crippen LogP contribution in [-0.4, -0.2) is 19.5 Å². The van der Waals surface area contributed by atoms with Gasteiger partial charge in [-0.25, -0.2) is 15.0 Å². The number of nitrogens with zero attached hydrogens (tertiary/aromatic N) is 4. The van der Waals surface area contributed by atoms with E-state index in [-0.39, 0.29) is 0 Å². The highest BCUT2D eigenvalue weighted by Crippen LogP contribution is 2.26. The molecule has 0 aliphatic heterocycles. The summed E-state index contributed by atoms with van der Waals surface area (Å²) in [6, 6.07) is 8.13. The molecule has 4 nitrogen and oxygen atoms in total. The minimum Gasteiger partial charge on any atom is -0.283 e. The lowest BCUT2D eigenvalue weighted by Crippen LogP contribution is -2.02. The lowest BCUT2D eigenvalue weighted by atomic mass is 10.2. The van der Waals surface area contributed by atoms with E-state index in [9.17, 15) is 0 Å². The monoisotopic (exact) mass is 236 g/mol. The summed E-state index contributed by atoms with van der Waals surface area (Å²) in [5, 5.41) is 0. The van der Waals surface area contributed by atoms with E-state index in [4.69, 9.17) is 0 Å². The van der Waals surface area contributed by atoms with Gasteiger partial charge in [-0.05, 0) is 31.4 Å². The maximum absolute atomic E-state index is 4.45. The summed E-state index contributed by atoms with van der Waals surface area (Å²) >= 11 is 0. The van der Waals surface area contributed by atoms with Crippen molar-refractivity contribution in [3.8, 4) is 5.82 Å². The molecule has 0 atom stereocenters. The summed E-state index contributed by atoms with van der Waals surface area (Å²) < 4.78 is 2.07. The van der Waals surface area contributed by atoms with Gasteiger partial charge >= 0.3 is 0 Å². The van der Waals surface area contributed by atoms with Crippen molar-refractivity contribution in [3.05, 3.63) is 48.2 Å². The van der Waals surface area contributed by atoms with Gasteiger partial charge in [-0.2, -0.15) is 0 Å². The number of hydrogen-bond acceptors (Lipinski definition) is 3. The van der Waals surface area contributed by atoms with E-state index in [2.05, 4.69) is 25.6 Å². The van der Waals surface area contributed by atoms with Crippen molar-refractivity contribution in [1.29, 1.82) is 0 Å². The van der Waals surface area contributed by atoms with Gasteiger partial charge in [-0.1, -0.05) is 12.1 Å². The number of benzene rings is 1. The molecule has 4 heteroatoms. The molecule has 0 saturated heterocycles. The normalized spacial score (nSPS) is 14.0. The number of rotatable bonds is 1. The molecule has 1 aliphatic rings. The predicted molar refractivity (Wildman–Crippen MR) is 68.7 cm³/mol. The maximum Gasteiger partial charge on any atom is 0.145 e. The predicted octanol–water partition coefficient (Wildman–Crippen LogP) is 2.30. The first-order valence-electron chi connectivity index (χ1n) is 6.19. The van der Waals surface area contributed by atoms with Crippen LogP contribution in [0.15, 0.2) is 36.9 Å². The van der Waals surface area contributed by atoms with Gasteiger partial charge in [0, 0.05) is 11.3 Å². The van der Waals surface area contributed by atoms with Crippen molar-refractivity contribution in [2.75, 3.05) is 0 Å². The van der Waals surface area contributed by atoms with Gasteiger partial charge < -0.3 is 0 Å². The zero-order chi connectivity index (χ0) is 11.9. The molecule has 18 heavy (non-hydrogen) atoms. The lowest BCUT2D eigenvalue weighted by Gasteiger charge is -2.07. The molecule has 3 aromatic rings. The average molecular weight is 236 g/mol. The van der Waals surface area contributed by atoms with Gasteiger partial charge in [0.25, 0.3) is 0 Å². The van der Waals surface area contributed by atoms with Gasteiger partial charge in [-0.15, -0.1) is 0 Å². The van der Waals surface area contributed by atoms with Crippen LogP contribution in [0.1, 0.15) is 17.7 Å². The Kier molecular flexibility index (Phi) is 1.97. The van der Waals surface area contributed by atoms with Crippen LogP contribution >= 0.6 is 0 Å². The summed E-state index contributed by atoms with van der Waals surface area (Å²) in [7, 11) is 0. The molecule has 0 fully saturated rings. The van der Waals surface area contributed by atoms with Gasteiger partial charge in [0.1, 0.15) is 18.5 Å². The third kappa shape index (κ3) is 1.29. The number of aryl methyl sites for hydroxylation is 1. The first kappa shape index (κ1) is 9.76. The van der Waals surface area contributed by atoms with Crippen molar-refractivity contribution in [2.24, 2.45) is 0 Å². The number of aromatic nitrogens is 4. The second-order valence-corrected chi connectivity index (χ2v) is 4.58. The third-order valence-electron chi connectivity index (χ3n) is 3.53. The summed E-state index contributed by atoms with van der Waals surface area (Å²) in [5.74, 6) is 0.992. The molecule has 0 amide bonds. The molecule has 2 heterocycles. The Morgan fingerprint density at radius 2 is 1.94 bits per heavy atom. The van der Waals surface area contributed by atoms with E-state index in [1.165, 1.54) is 17.7 Å². The average Bonchev–Trinajstić information content (AvgIpc) is 3.05. The fraction of sp³-hybridized carbons (Fsp3) is 0.214. The Bertz CT molecular complexity index is 729. The largest absolute Gasteiger partial charge is 0.283 e. The second-order valence-electron chi connectivity index (χ2n) is 4.58. The Morgan fingerprint density at radius 1 is 1.00 bits per heavy atom.